The van der Waals surface area contributed by atoms with Crippen molar-refractivity contribution in [3.05, 3.63) is 156 Å². The van der Waals surface area contributed by atoms with E-state index in [0.717, 1.165) is 56.2 Å². The van der Waals surface area contributed by atoms with Crippen LogP contribution in [0.4, 0.5) is 0 Å². The normalized spacial score (nSPS) is 12.3. The molecule has 0 radical (unpaired) electrons. The summed E-state index contributed by atoms with van der Waals surface area (Å²) in [5.74, 6) is 0.739. The number of benzene rings is 3. The Morgan fingerprint density at radius 3 is 1.39 bits per heavy atom. The van der Waals surface area contributed by atoms with Gasteiger partial charge < -0.3 is 0 Å². The molecule has 1 aromatic heterocycles. The van der Waals surface area contributed by atoms with Crippen LogP contribution in [0.3, 0.4) is 0 Å². The summed E-state index contributed by atoms with van der Waals surface area (Å²) >= 11 is 0. The van der Waals surface area contributed by atoms with Crippen molar-refractivity contribution in [1.82, 2.24) is 9.97 Å². The van der Waals surface area contributed by atoms with Crippen LogP contribution in [0.5, 0.6) is 0 Å². The van der Waals surface area contributed by atoms with Crippen molar-refractivity contribution in [2.75, 3.05) is 0 Å². The van der Waals surface area contributed by atoms with Crippen LogP contribution in [0.1, 0.15) is 41.7 Å². The van der Waals surface area contributed by atoms with E-state index in [-0.39, 0.29) is 0 Å². The van der Waals surface area contributed by atoms with Gasteiger partial charge in [0.2, 0.25) is 0 Å². The fourth-order valence-corrected chi connectivity index (χ4v) is 5.16. The summed E-state index contributed by atoms with van der Waals surface area (Å²) < 4.78 is 0. The van der Waals surface area contributed by atoms with Crippen LogP contribution in [0, 0.1) is 20.8 Å². The molecule has 4 rings (SSSR count). The third-order valence-electron chi connectivity index (χ3n) is 6.94. The van der Waals surface area contributed by atoms with E-state index in [1.54, 1.807) is 0 Å². The molecule has 0 fully saturated rings. The number of nitrogens with zero attached hydrogens (tertiary/aromatic N) is 2. The summed E-state index contributed by atoms with van der Waals surface area (Å²) in [7, 11) is 0. The molecule has 0 aliphatic rings. The molecule has 0 saturated heterocycles. The van der Waals surface area contributed by atoms with Crippen LogP contribution >= 0.6 is 0 Å². The van der Waals surface area contributed by atoms with E-state index in [1.807, 2.05) is 50.3 Å². The van der Waals surface area contributed by atoms with Crippen LogP contribution in [-0.2, 0) is 0 Å². The molecule has 0 aliphatic carbocycles. The van der Waals surface area contributed by atoms with Crippen molar-refractivity contribution < 1.29 is 0 Å². The smallest absolute Gasteiger partial charge is 0.160 e. The molecule has 0 bridgehead atoms. The van der Waals surface area contributed by atoms with Gasteiger partial charge in [0.15, 0.2) is 5.82 Å². The lowest BCUT2D eigenvalue weighted by Crippen LogP contribution is -1.99. The summed E-state index contributed by atoms with van der Waals surface area (Å²) in [5.41, 5.74) is 13.0. The Labute approximate surface area is 245 Å². The second-order valence-corrected chi connectivity index (χ2v) is 10.1. The molecular formula is C39H38N2. The van der Waals surface area contributed by atoms with Crippen LogP contribution in [-0.4, -0.2) is 9.97 Å². The van der Waals surface area contributed by atoms with Gasteiger partial charge in [-0.15, -0.1) is 0 Å². The first-order valence-corrected chi connectivity index (χ1v) is 14.0. The van der Waals surface area contributed by atoms with Gasteiger partial charge in [-0.3, -0.25) is 0 Å². The Balaban J connectivity index is 1.87. The van der Waals surface area contributed by atoms with Gasteiger partial charge in [0.05, 0.1) is 11.4 Å². The van der Waals surface area contributed by atoms with E-state index in [0.29, 0.717) is 0 Å². The van der Waals surface area contributed by atoms with Crippen LogP contribution in [0.2, 0.25) is 0 Å². The van der Waals surface area contributed by atoms with Crippen LogP contribution in [0.15, 0.2) is 128 Å². The van der Waals surface area contributed by atoms with Gasteiger partial charge in [-0.2, -0.15) is 0 Å². The lowest BCUT2D eigenvalue weighted by Gasteiger charge is -2.14. The molecule has 0 amide bonds. The maximum absolute atomic E-state index is 5.11. The molecule has 0 spiro atoms. The van der Waals surface area contributed by atoms with Gasteiger partial charge in [0, 0.05) is 16.7 Å². The Morgan fingerprint density at radius 2 is 1.02 bits per heavy atom. The minimum atomic E-state index is 0.739. The van der Waals surface area contributed by atoms with Crippen molar-refractivity contribution >= 4 is 11.1 Å². The van der Waals surface area contributed by atoms with E-state index in [9.17, 15) is 0 Å². The highest BCUT2D eigenvalue weighted by Gasteiger charge is 2.15. The van der Waals surface area contributed by atoms with Gasteiger partial charge in [-0.25, -0.2) is 9.97 Å². The van der Waals surface area contributed by atoms with Crippen LogP contribution < -0.4 is 0 Å². The van der Waals surface area contributed by atoms with Gasteiger partial charge in [0.1, 0.15) is 0 Å². The predicted octanol–water partition coefficient (Wildman–Crippen LogP) is 10.7. The number of hydrogen-bond acceptors (Lipinski definition) is 2. The number of hydrogen-bond donors (Lipinski definition) is 0. The van der Waals surface area contributed by atoms with Gasteiger partial charge >= 0.3 is 0 Å². The lowest BCUT2D eigenvalue weighted by atomic mass is 9.97. The summed E-state index contributed by atoms with van der Waals surface area (Å²) in [5, 5.41) is 0. The van der Waals surface area contributed by atoms with E-state index < -0.39 is 0 Å². The van der Waals surface area contributed by atoms with E-state index >= 15 is 0 Å². The summed E-state index contributed by atoms with van der Waals surface area (Å²) in [4.78, 5) is 10.2. The molecule has 0 atom stereocenters. The zero-order valence-electron chi connectivity index (χ0n) is 24.8. The quantitative estimate of drug-likeness (QED) is 0.200. The molecule has 41 heavy (non-hydrogen) atoms. The SMILES string of the molecule is C=C/C=C(\C=C/C)c1ccc(-c2cc(-c3ccc(C(/C=C\C)=C/C=C)cc3)nc(-c3c(C)cc(C)cc3C)n2)cc1. The van der Waals surface area contributed by atoms with Gasteiger partial charge in [-0.05, 0) is 74.1 Å². The van der Waals surface area contributed by atoms with Crippen molar-refractivity contribution in [1.29, 1.82) is 0 Å². The summed E-state index contributed by atoms with van der Waals surface area (Å²) in [6, 6.07) is 23.6. The third kappa shape index (κ3) is 6.85. The molecule has 4 aromatic rings. The minimum Gasteiger partial charge on any atom is -0.228 e. The molecule has 0 saturated carbocycles. The molecule has 204 valence electrons. The average molecular weight is 535 g/mol. The molecule has 2 heteroatoms. The van der Waals surface area contributed by atoms with Crippen molar-refractivity contribution in [3.63, 3.8) is 0 Å². The number of allylic oxidation sites excluding steroid dienone is 10. The maximum atomic E-state index is 5.11. The first-order chi connectivity index (χ1) is 19.9. The first kappa shape index (κ1) is 29.2. The van der Waals surface area contributed by atoms with Crippen molar-refractivity contribution in [3.8, 4) is 33.9 Å². The highest BCUT2D eigenvalue weighted by atomic mass is 14.9. The molecule has 0 aliphatic heterocycles. The zero-order valence-corrected chi connectivity index (χ0v) is 24.8. The zero-order chi connectivity index (χ0) is 29.4. The predicted molar refractivity (Wildman–Crippen MR) is 179 cm³/mol. The first-order valence-electron chi connectivity index (χ1n) is 14.0. The minimum absolute atomic E-state index is 0.739. The molecule has 1 heterocycles. The fraction of sp³-hybridized carbons (Fsp3) is 0.128. The second-order valence-electron chi connectivity index (χ2n) is 10.1. The number of aromatic nitrogens is 2. The van der Waals surface area contributed by atoms with Crippen molar-refractivity contribution in [2.45, 2.75) is 34.6 Å². The topological polar surface area (TPSA) is 25.8 Å². The Kier molecular flexibility index (Phi) is 9.60. The molecule has 0 N–H and O–H groups in total. The number of aryl methyl sites for hydroxylation is 3. The molecule has 2 nitrogen and oxygen atoms in total. The summed E-state index contributed by atoms with van der Waals surface area (Å²) in [6.07, 6.45) is 15.9. The summed E-state index contributed by atoms with van der Waals surface area (Å²) in [6.45, 7) is 18.2. The van der Waals surface area contributed by atoms with E-state index in [4.69, 9.17) is 9.97 Å². The fourth-order valence-electron chi connectivity index (χ4n) is 5.16. The average Bonchev–Trinajstić information content (AvgIpc) is 2.96. The standard InChI is InChI=1S/C39H38N2/c1-8-12-30(13-9-2)32-16-20-34(21-17-32)36-26-37(35-22-18-33(19-23-35)31(14-10-3)15-11-4)41-39(40-36)38-28(6)24-27(5)25-29(38)7/h8-26H,1,3H2,2,4-7H3/b13-9-,15-11-,30-12+,31-14+. The molecule has 0 unspecified atom stereocenters. The lowest BCUT2D eigenvalue weighted by molar-refractivity contribution is 1.16. The Bertz CT molecular complexity index is 1560. The van der Waals surface area contributed by atoms with E-state index in [2.05, 4.69) is 113 Å². The monoisotopic (exact) mass is 534 g/mol. The number of rotatable bonds is 9. The van der Waals surface area contributed by atoms with E-state index in [1.165, 1.54) is 16.7 Å². The van der Waals surface area contributed by atoms with Gasteiger partial charge in [-0.1, -0.05) is 128 Å². The van der Waals surface area contributed by atoms with Crippen LogP contribution in [0.25, 0.3) is 45.0 Å². The Morgan fingerprint density at radius 1 is 0.610 bits per heavy atom. The Hall–Kier alpha value is -4.82. The third-order valence-corrected chi connectivity index (χ3v) is 6.94. The van der Waals surface area contributed by atoms with Gasteiger partial charge in [0.25, 0.3) is 0 Å². The highest BCUT2D eigenvalue weighted by Crippen LogP contribution is 2.32. The molecule has 3 aromatic carbocycles. The van der Waals surface area contributed by atoms with Crippen molar-refractivity contribution in [2.24, 2.45) is 0 Å². The maximum Gasteiger partial charge on any atom is 0.160 e. The largest absolute Gasteiger partial charge is 0.228 e. The second kappa shape index (κ2) is 13.5. The highest BCUT2D eigenvalue weighted by molar-refractivity contribution is 5.80. The molecular weight excluding hydrogens is 496 g/mol.